The molecule has 0 amide bonds. The first-order valence-corrected chi connectivity index (χ1v) is 10.9. The van der Waals surface area contributed by atoms with Crippen molar-refractivity contribution in [2.24, 2.45) is 4.99 Å². The van der Waals surface area contributed by atoms with Gasteiger partial charge in [0.1, 0.15) is 6.61 Å². The molecule has 0 saturated heterocycles. The van der Waals surface area contributed by atoms with E-state index in [1.807, 2.05) is 60.3 Å². The van der Waals surface area contributed by atoms with E-state index in [1.165, 1.54) is 12.2 Å². The highest BCUT2D eigenvalue weighted by Crippen LogP contribution is 2.09. The van der Waals surface area contributed by atoms with E-state index in [9.17, 15) is 4.79 Å². The molecule has 0 bridgehead atoms. The van der Waals surface area contributed by atoms with E-state index in [1.54, 1.807) is 13.1 Å². The number of halogens is 1. The summed E-state index contributed by atoms with van der Waals surface area (Å²) in [6.45, 7) is 1.76. The maximum Gasteiger partial charge on any atom is 0.338 e. The lowest BCUT2D eigenvalue weighted by Crippen LogP contribution is -2.37. The van der Waals surface area contributed by atoms with Gasteiger partial charge in [0.25, 0.3) is 0 Å². The molecule has 0 aliphatic carbocycles. The lowest BCUT2D eigenvalue weighted by molar-refractivity contribution is 0.0472. The normalized spacial score (nSPS) is 10.8. The van der Waals surface area contributed by atoms with Crippen molar-refractivity contribution in [1.29, 1.82) is 0 Å². The minimum atomic E-state index is -0.318. The zero-order valence-electron chi connectivity index (χ0n) is 17.0. The average Bonchev–Trinajstić information content (AvgIpc) is 2.75. The van der Waals surface area contributed by atoms with Crippen LogP contribution in [-0.2, 0) is 17.9 Å². The summed E-state index contributed by atoms with van der Waals surface area (Å²) in [5.74, 6) is 1.63. The number of nitrogens with one attached hydrogen (secondary N) is 2. The molecule has 0 aromatic heterocycles. The first-order chi connectivity index (χ1) is 13.7. The van der Waals surface area contributed by atoms with Crippen molar-refractivity contribution in [1.82, 2.24) is 10.6 Å². The van der Waals surface area contributed by atoms with Gasteiger partial charge in [-0.25, -0.2) is 4.79 Å². The molecule has 0 radical (unpaired) electrons. The second kappa shape index (κ2) is 15.1. The third-order valence-electron chi connectivity index (χ3n) is 4.13. The number of nitrogens with zero attached hydrogens (tertiary/aromatic N) is 1. The van der Waals surface area contributed by atoms with Crippen molar-refractivity contribution in [3.8, 4) is 0 Å². The van der Waals surface area contributed by atoms with E-state index in [4.69, 9.17) is 4.74 Å². The molecule has 2 rings (SSSR count). The van der Waals surface area contributed by atoms with Gasteiger partial charge in [0.05, 0.1) is 5.56 Å². The number of hydrogen-bond donors (Lipinski definition) is 2. The lowest BCUT2D eigenvalue weighted by Gasteiger charge is -2.12. The predicted molar refractivity (Wildman–Crippen MR) is 133 cm³/mol. The van der Waals surface area contributed by atoms with E-state index in [0.29, 0.717) is 12.1 Å². The Bertz CT molecular complexity index is 757. The van der Waals surface area contributed by atoms with E-state index >= 15 is 0 Å². The topological polar surface area (TPSA) is 62.7 Å². The van der Waals surface area contributed by atoms with Gasteiger partial charge in [-0.05, 0) is 48.1 Å². The number of benzene rings is 2. The molecule has 0 atom stereocenters. The van der Waals surface area contributed by atoms with Crippen LogP contribution < -0.4 is 10.6 Å². The van der Waals surface area contributed by atoms with Crippen LogP contribution in [0.4, 0.5) is 0 Å². The van der Waals surface area contributed by atoms with Gasteiger partial charge in [0.15, 0.2) is 5.96 Å². The van der Waals surface area contributed by atoms with Crippen LogP contribution in [0.3, 0.4) is 0 Å². The number of rotatable bonds is 10. The minimum absolute atomic E-state index is 0. The van der Waals surface area contributed by atoms with Crippen LogP contribution in [-0.4, -0.2) is 37.5 Å². The van der Waals surface area contributed by atoms with Crippen LogP contribution in [0.15, 0.2) is 59.6 Å². The highest BCUT2D eigenvalue weighted by atomic mass is 127. The maximum atomic E-state index is 12.3. The van der Waals surface area contributed by atoms with Gasteiger partial charge in [-0.15, -0.1) is 24.0 Å². The molecule has 29 heavy (non-hydrogen) atoms. The van der Waals surface area contributed by atoms with Gasteiger partial charge in [0.2, 0.25) is 0 Å². The molecular weight excluding hydrogens is 497 g/mol. The SMILES string of the molecule is CN=C(NCCCCSC)NCc1cccc(C(=O)OCc2ccccc2)c1.I. The number of guanidine groups is 1. The Kier molecular flexibility index (Phi) is 13.2. The van der Waals surface area contributed by atoms with Crippen molar-refractivity contribution < 1.29 is 9.53 Å². The molecule has 2 aromatic rings. The Morgan fingerprint density at radius 1 is 1.03 bits per heavy atom. The van der Waals surface area contributed by atoms with Crippen LogP contribution in [0.2, 0.25) is 0 Å². The van der Waals surface area contributed by atoms with Crippen molar-refractivity contribution >= 4 is 47.7 Å². The van der Waals surface area contributed by atoms with E-state index in [0.717, 1.165) is 30.1 Å². The summed E-state index contributed by atoms with van der Waals surface area (Å²) in [5.41, 5.74) is 2.52. The van der Waals surface area contributed by atoms with Gasteiger partial charge in [-0.3, -0.25) is 4.99 Å². The standard InChI is InChI=1S/C22H29N3O2S.HI/c1-23-22(24-13-6-7-14-28-2)25-16-19-11-8-12-20(15-19)21(26)27-17-18-9-4-3-5-10-18;/h3-5,8-12,15H,6-7,13-14,16-17H2,1-2H3,(H2,23,24,25);1H. The number of carbonyl (C=O) groups excluding carboxylic acids is 1. The number of ether oxygens (including phenoxy) is 1. The average molecular weight is 527 g/mol. The predicted octanol–water partition coefficient (Wildman–Crippen LogP) is 4.47. The third-order valence-corrected chi connectivity index (χ3v) is 4.82. The zero-order valence-corrected chi connectivity index (χ0v) is 20.2. The highest BCUT2D eigenvalue weighted by molar-refractivity contribution is 14.0. The van der Waals surface area contributed by atoms with Crippen LogP contribution in [0.1, 0.15) is 34.3 Å². The van der Waals surface area contributed by atoms with E-state index < -0.39 is 0 Å². The molecule has 0 heterocycles. The number of esters is 1. The van der Waals surface area contributed by atoms with Crippen molar-refractivity contribution in [2.45, 2.75) is 26.0 Å². The van der Waals surface area contributed by atoms with Crippen LogP contribution in [0.5, 0.6) is 0 Å². The van der Waals surface area contributed by atoms with Gasteiger partial charge < -0.3 is 15.4 Å². The maximum absolute atomic E-state index is 12.3. The van der Waals surface area contributed by atoms with Gasteiger partial charge in [0, 0.05) is 20.1 Å². The summed E-state index contributed by atoms with van der Waals surface area (Å²) < 4.78 is 5.40. The second-order valence-corrected chi connectivity index (χ2v) is 7.30. The Balaban J connectivity index is 0.00000420. The summed E-state index contributed by atoms with van der Waals surface area (Å²) in [6, 6.07) is 17.1. The molecule has 0 spiro atoms. The molecule has 0 unspecified atom stereocenters. The Labute approximate surface area is 195 Å². The summed E-state index contributed by atoms with van der Waals surface area (Å²) >= 11 is 1.87. The molecule has 2 aromatic carbocycles. The zero-order chi connectivity index (χ0) is 20.0. The largest absolute Gasteiger partial charge is 0.457 e. The number of unbranched alkanes of at least 4 members (excludes halogenated alkanes) is 1. The Hall–Kier alpha value is -1.74. The lowest BCUT2D eigenvalue weighted by atomic mass is 10.1. The molecule has 0 fully saturated rings. The van der Waals surface area contributed by atoms with Crippen molar-refractivity contribution in [3.05, 3.63) is 71.3 Å². The smallest absolute Gasteiger partial charge is 0.338 e. The molecule has 2 N–H and O–H groups in total. The van der Waals surface area contributed by atoms with Crippen LogP contribution in [0.25, 0.3) is 0 Å². The Morgan fingerprint density at radius 3 is 2.52 bits per heavy atom. The number of aliphatic imine (C=N–C) groups is 1. The third kappa shape index (κ3) is 10.0. The molecule has 7 heteroatoms. The fourth-order valence-electron chi connectivity index (χ4n) is 2.60. The van der Waals surface area contributed by atoms with Crippen molar-refractivity contribution in [3.63, 3.8) is 0 Å². The first kappa shape index (κ1) is 25.3. The fraction of sp³-hybridized carbons (Fsp3) is 0.364. The van der Waals surface area contributed by atoms with Crippen molar-refractivity contribution in [2.75, 3.05) is 25.6 Å². The second-order valence-electron chi connectivity index (χ2n) is 6.31. The highest BCUT2D eigenvalue weighted by Gasteiger charge is 2.08. The molecular formula is C22H30IN3O2S. The molecule has 0 aliphatic heterocycles. The summed E-state index contributed by atoms with van der Waals surface area (Å²) in [6.07, 6.45) is 4.43. The quantitative estimate of drug-likeness (QED) is 0.157. The summed E-state index contributed by atoms with van der Waals surface area (Å²) in [7, 11) is 1.76. The number of thioether (sulfide) groups is 1. The molecule has 5 nitrogen and oxygen atoms in total. The molecule has 158 valence electrons. The van der Waals surface area contributed by atoms with Gasteiger partial charge >= 0.3 is 5.97 Å². The van der Waals surface area contributed by atoms with Crippen LogP contribution in [0, 0.1) is 0 Å². The molecule has 0 saturated carbocycles. The summed E-state index contributed by atoms with van der Waals surface area (Å²) in [5, 5.41) is 6.59. The first-order valence-electron chi connectivity index (χ1n) is 9.46. The summed E-state index contributed by atoms with van der Waals surface area (Å²) in [4.78, 5) is 16.6. The van der Waals surface area contributed by atoms with E-state index in [2.05, 4.69) is 21.9 Å². The molecule has 0 aliphatic rings. The number of carbonyl (C=O) groups is 1. The number of hydrogen-bond acceptors (Lipinski definition) is 4. The minimum Gasteiger partial charge on any atom is -0.457 e. The van der Waals surface area contributed by atoms with Crippen LogP contribution >= 0.6 is 35.7 Å². The Morgan fingerprint density at radius 2 is 1.79 bits per heavy atom. The van der Waals surface area contributed by atoms with E-state index in [-0.39, 0.29) is 36.6 Å². The van der Waals surface area contributed by atoms with Gasteiger partial charge in [-0.1, -0.05) is 42.5 Å². The van der Waals surface area contributed by atoms with Gasteiger partial charge in [-0.2, -0.15) is 11.8 Å². The monoisotopic (exact) mass is 527 g/mol. The fourth-order valence-corrected chi connectivity index (χ4v) is 3.09.